The molecule has 1 nitrogen and oxygen atoms in total. The number of rotatable bonds is 1. The third-order valence-corrected chi connectivity index (χ3v) is 6.86. The van der Waals surface area contributed by atoms with Gasteiger partial charge in [0.1, 0.15) is 0 Å². The molecule has 0 amide bonds. The zero-order chi connectivity index (χ0) is 12.6. The van der Waals surface area contributed by atoms with Crippen molar-refractivity contribution in [3.8, 4) is 0 Å². The zero-order valence-corrected chi connectivity index (χ0v) is 12.6. The topological polar surface area (TPSA) is 12.9 Å². The highest BCUT2D eigenvalue weighted by Gasteiger charge is 2.61. The van der Waals surface area contributed by atoms with Crippen LogP contribution < -0.4 is 0 Å². The molecule has 1 aromatic heterocycles. The number of aromatic nitrogens is 1. The van der Waals surface area contributed by atoms with Crippen molar-refractivity contribution in [2.24, 2.45) is 16.7 Å². The number of nitrogens with zero attached hydrogens (tertiary/aromatic N) is 1. The molecule has 5 rings (SSSR count). The highest BCUT2D eigenvalue weighted by atomic mass is 32.1. The van der Waals surface area contributed by atoms with Gasteiger partial charge in [-0.25, -0.2) is 4.98 Å². The molecule has 4 aliphatic rings. The monoisotopic (exact) mass is 261 g/mol. The Bertz CT molecular complexity index is 485. The van der Waals surface area contributed by atoms with Gasteiger partial charge in [0, 0.05) is 16.5 Å². The Kier molecular flexibility index (Phi) is 2.04. The lowest BCUT2D eigenvalue weighted by Crippen LogP contribution is -2.56. The molecule has 2 unspecified atom stereocenters. The van der Waals surface area contributed by atoms with E-state index in [0.29, 0.717) is 16.2 Å². The highest BCUT2D eigenvalue weighted by Crippen LogP contribution is 2.70. The first kappa shape index (κ1) is 11.5. The number of aryl methyl sites for hydroxylation is 1. The normalized spacial score (nSPS) is 49.8. The van der Waals surface area contributed by atoms with Gasteiger partial charge in [-0.05, 0) is 62.2 Å². The van der Waals surface area contributed by atoms with Crippen molar-refractivity contribution < 1.29 is 0 Å². The number of thiazole rings is 1. The Morgan fingerprint density at radius 1 is 1.11 bits per heavy atom. The third kappa shape index (κ3) is 1.47. The summed E-state index contributed by atoms with van der Waals surface area (Å²) in [6.07, 6.45) is 10.7. The molecule has 4 saturated carbocycles. The van der Waals surface area contributed by atoms with E-state index in [1.807, 2.05) is 11.3 Å². The molecule has 1 heterocycles. The molecule has 4 fully saturated rings. The number of hydrogen-bond acceptors (Lipinski definition) is 2. The van der Waals surface area contributed by atoms with Crippen molar-refractivity contribution in [2.75, 3.05) is 0 Å². The van der Waals surface area contributed by atoms with E-state index in [2.05, 4.69) is 27.0 Å². The van der Waals surface area contributed by atoms with E-state index in [0.717, 1.165) is 5.92 Å². The smallest absolute Gasteiger partial charge is 0.0989 e. The van der Waals surface area contributed by atoms with E-state index in [9.17, 15) is 0 Å². The molecule has 4 bridgehead atoms. The second-order valence-electron chi connectivity index (χ2n) is 8.19. The van der Waals surface area contributed by atoms with Gasteiger partial charge in [-0.2, -0.15) is 0 Å². The van der Waals surface area contributed by atoms with Crippen molar-refractivity contribution in [3.05, 3.63) is 16.1 Å². The van der Waals surface area contributed by atoms with Crippen LogP contribution in [0.5, 0.6) is 0 Å². The molecule has 18 heavy (non-hydrogen) atoms. The molecule has 0 aliphatic heterocycles. The quantitative estimate of drug-likeness (QED) is 0.714. The molecule has 98 valence electrons. The first-order valence-electron chi connectivity index (χ1n) is 7.34. The average Bonchev–Trinajstić information content (AvgIpc) is 2.59. The molecule has 0 aromatic carbocycles. The predicted octanol–water partition coefficient (Wildman–Crippen LogP) is 4.70. The maximum absolute atomic E-state index is 4.79. The SMILES string of the molecule is Cc1cnc(C23CC4CC(C)(CC(C)(C4)C2)C3)s1. The van der Waals surface area contributed by atoms with Crippen LogP contribution >= 0.6 is 11.3 Å². The summed E-state index contributed by atoms with van der Waals surface area (Å²) >= 11 is 1.96. The van der Waals surface area contributed by atoms with Crippen LogP contribution in [0.3, 0.4) is 0 Å². The second kappa shape index (κ2) is 3.20. The van der Waals surface area contributed by atoms with Gasteiger partial charge < -0.3 is 0 Å². The molecule has 1 aromatic rings. The molecular formula is C16H23NS. The first-order chi connectivity index (χ1) is 8.41. The van der Waals surface area contributed by atoms with Gasteiger partial charge in [-0.15, -0.1) is 11.3 Å². The fourth-order valence-electron chi connectivity index (χ4n) is 6.29. The van der Waals surface area contributed by atoms with Crippen LogP contribution in [0.1, 0.15) is 62.3 Å². The van der Waals surface area contributed by atoms with Crippen molar-refractivity contribution in [2.45, 2.75) is 64.7 Å². The van der Waals surface area contributed by atoms with Crippen molar-refractivity contribution in [1.29, 1.82) is 0 Å². The van der Waals surface area contributed by atoms with Gasteiger partial charge >= 0.3 is 0 Å². The predicted molar refractivity (Wildman–Crippen MR) is 75.9 cm³/mol. The van der Waals surface area contributed by atoms with Crippen molar-refractivity contribution in [1.82, 2.24) is 4.98 Å². The van der Waals surface area contributed by atoms with E-state index < -0.39 is 0 Å². The third-order valence-electron chi connectivity index (χ3n) is 5.70. The van der Waals surface area contributed by atoms with Crippen LogP contribution in [0, 0.1) is 23.7 Å². The minimum absolute atomic E-state index is 0.446. The Hall–Kier alpha value is -0.370. The van der Waals surface area contributed by atoms with E-state index in [4.69, 9.17) is 4.98 Å². The summed E-state index contributed by atoms with van der Waals surface area (Å²) in [5, 5.41) is 1.46. The molecular weight excluding hydrogens is 238 g/mol. The summed E-state index contributed by atoms with van der Waals surface area (Å²) in [5.41, 5.74) is 1.66. The lowest BCUT2D eigenvalue weighted by Gasteiger charge is -2.64. The highest BCUT2D eigenvalue weighted by molar-refractivity contribution is 7.11. The summed E-state index contributed by atoms with van der Waals surface area (Å²) in [4.78, 5) is 6.17. The van der Waals surface area contributed by atoms with Gasteiger partial charge in [0.15, 0.2) is 0 Å². The van der Waals surface area contributed by atoms with E-state index in [1.54, 1.807) is 0 Å². The summed E-state index contributed by atoms with van der Waals surface area (Å²) < 4.78 is 0. The fraction of sp³-hybridized carbons (Fsp3) is 0.812. The maximum Gasteiger partial charge on any atom is 0.0989 e. The molecule has 4 aliphatic carbocycles. The van der Waals surface area contributed by atoms with Crippen molar-refractivity contribution in [3.63, 3.8) is 0 Å². The van der Waals surface area contributed by atoms with Crippen LogP contribution in [0.4, 0.5) is 0 Å². The van der Waals surface area contributed by atoms with Crippen LogP contribution in [0.25, 0.3) is 0 Å². The molecule has 0 radical (unpaired) electrons. The minimum atomic E-state index is 0.446. The molecule has 2 heteroatoms. The molecule has 2 atom stereocenters. The Morgan fingerprint density at radius 3 is 2.28 bits per heavy atom. The largest absolute Gasteiger partial charge is 0.249 e. The summed E-state index contributed by atoms with van der Waals surface area (Å²) in [6.45, 7) is 7.29. The maximum atomic E-state index is 4.79. The van der Waals surface area contributed by atoms with Gasteiger partial charge in [-0.1, -0.05) is 13.8 Å². The lowest BCUT2D eigenvalue weighted by atomic mass is 9.40. The van der Waals surface area contributed by atoms with E-state index in [-0.39, 0.29) is 0 Å². The summed E-state index contributed by atoms with van der Waals surface area (Å²) in [5.74, 6) is 0.973. The zero-order valence-electron chi connectivity index (χ0n) is 11.8. The Labute approximate surface area is 114 Å². The Balaban J connectivity index is 1.82. The van der Waals surface area contributed by atoms with Crippen LogP contribution in [-0.4, -0.2) is 4.98 Å². The van der Waals surface area contributed by atoms with E-state index >= 15 is 0 Å². The lowest BCUT2D eigenvalue weighted by molar-refractivity contribution is -0.110. The Morgan fingerprint density at radius 2 is 1.78 bits per heavy atom. The summed E-state index contributed by atoms with van der Waals surface area (Å²) in [7, 11) is 0. The minimum Gasteiger partial charge on any atom is -0.249 e. The van der Waals surface area contributed by atoms with Crippen LogP contribution in [0.2, 0.25) is 0 Å². The fourth-order valence-corrected chi connectivity index (χ4v) is 7.25. The van der Waals surface area contributed by atoms with Crippen LogP contribution in [-0.2, 0) is 5.41 Å². The van der Waals surface area contributed by atoms with E-state index in [1.165, 1.54) is 48.4 Å². The standard InChI is InChI=1S/C16H23NS/c1-11-7-17-13(18-11)16-6-12-4-14(2,9-16)8-15(3,5-12)10-16/h7,12H,4-6,8-10H2,1-3H3. The van der Waals surface area contributed by atoms with Gasteiger partial charge in [0.2, 0.25) is 0 Å². The van der Waals surface area contributed by atoms with Gasteiger partial charge in [0.25, 0.3) is 0 Å². The summed E-state index contributed by atoms with van der Waals surface area (Å²) in [6, 6.07) is 0. The van der Waals surface area contributed by atoms with Gasteiger partial charge in [0.05, 0.1) is 5.01 Å². The molecule has 0 spiro atoms. The molecule has 0 N–H and O–H groups in total. The van der Waals surface area contributed by atoms with Gasteiger partial charge in [-0.3, -0.25) is 0 Å². The number of hydrogen-bond donors (Lipinski definition) is 0. The average molecular weight is 261 g/mol. The van der Waals surface area contributed by atoms with Crippen molar-refractivity contribution >= 4 is 11.3 Å². The molecule has 0 saturated heterocycles. The van der Waals surface area contributed by atoms with Crippen LogP contribution in [0.15, 0.2) is 6.20 Å². The first-order valence-corrected chi connectivity index (χ1v) is 8.15. The second-order valence-corrected chi connectivity index (χ2v) is 9.42.